The zero-order chi connectivity index (χ0) is 9.45. The predicted molar refractivity (Wildman–Crippen MR) is 61.3 cm³/mol. The molecule has 0 spiro atoms. The molecule has 3 nitrogen and oxygen atoms in total. The smallest absolute Gasteiger partial charge is 0.210 e. The highest BCUT2D eigenvalue weighted by Crippen LogP contribution is 2.53. The maximum atomic E-state index is 5.18. The summed E-state index contributed by atoms with van der Waals surface area (Å²) in [5, 5.41) is 2.95. The van der Waals surface area contributed by atoms with Crippen LogP contribution in [-0.2, 0) is 16.3 Å². The van der Waals surface area contributed by atoms with E-state index in [1.165, 1.54) is 11.4 Å². The molecule has 0 saturated heterocycles. The number of rotatable bonds is 5. The summed E-state index contributed by atoms with van der Waals surface area (Å²) in [7, 11) is 1.60. The quantitative estimate of drug-likeness (QED) is 0.441. The van der Waals surface area contributed by atoms with Crippen molar-refractivity contribution in [2.45, 2.75) is 6.92 Å². The van der Waals surface area contributed by atoms with E-state index in [0.29, 0.717) is 0 Å². The second-order valence-electron chi connectivity index (χ2n) is 1.75. The van der Waals surface area contributed by atoms with Gasteiger partial charge in [0, 0.05) is 13.3 Å². The normalized spacial score (nSPS) is 16.9. The number of hydrogen-bond donors (Lipinski definition) is 1. The molecule has 0 aromatic heterocycles. The molecule has 0 aliphatic rings. The van der Waals surface area contributed by atoms with Crippen LogP contribution in [0.2, 0.25) is 0 Å². The molecule has 0 aliphatic carbocycles. The number of allylic oxidation sites excluding steroid dienone is 1. The van der Waals surface area contributed by atoms with Crippen LogP contribution >= 0.6 is 17.0 Å². The molecule has 12 heavy (non-hydrogen) atoms. The van der Waals surface area contributed by atoms with E-state index in [-0.39, 0.29) is 0 Å². The van der Waals surface area contributed by atoms with Gasteiger partial charge in [0.15, 0.2) is 0 Å². The molecular formula is C6H13N2OPS2. The number of aliphatic imine (C=N–C) groups is 1. The third-order valence-corrected chi connectivity index (χ3v) is 6.71. The first-order valence-electron chi connectivity index (χ1n) is 3.30. The molecular weight excluding hydrogens is 211 g/mol. The van der Waals surface area contributed by atoms with Crippen molar-refractivity contribution in [3.63, 3.8) is 0 Å². The first-order chi connectivity index (χ1) is 5.68. The lowest BCUT2D eigenvalue weighted by molar-refractivity contribution is 0.468. The van der Waals surface area contributed by atoms with Gasteiger partial charge in [-0.25, -0.2) is 4.99 Å². The molecule has 0 saturated carbocycles. The molecule has 1 unspecified atom stereocenters. The van der Waals surface area contributed by atoms with Gasteiger partial charge >= 0.3 is 0 Å². The zero-order valence-electron chi connectivity index (χ0n) is 7.35. The summed E-state index contributed by atoms with van der Waals surface area (Å²) < 4.78 is 5.13. The fourth-order valence-corrected chi connectivity index (χ4v) is 2.03. The van der Waals surface area contributed by atoms with Gasteiger partial charge in [-0.3, -0.25) is 0 Å². The Morgan fingerprint density at radius 1 is 1.67 bits per heavy atom. The maximum Gasteiger partial charge on any atom is 0.210 e. The standard InChI is InChI=1S/C6H13N2OPS2/c1-4-5-7-6-8-10(11,9-2)12-3/h4-6H,1-3H3,(H,7,8,11). The van der Waals surface area contributed by atoms with Crippen molar-refractivity contribution >= 4 is 35.1 Å². The van der Waals surface area contributed by atoms with Gasteiger partial charge in [0.25, 0.3) is 0 Å². The monoisotopic (exact) mass is 224 g/mol. The highest BCUT2D eigenvalue weighted by molar-refractivity contribution is 8.68. The van der Waals surface area contributed by atoms with E-state index in [1.807, 2.05) is 19.3 Å². The topological polar surface area (TPSA) is 33.6 Å². The minimum atomic E-state index is -1.90. The predicted octanol–water partition coefficient (Wildman–Crippen LogP) is 2.37. The minimum absolute atomic E-state index is 1.51. The van der Waals surface area contributed by atoms with Crippen molar-refractivity contribution in [1.82, 2.24) is 5.09 Å². The Labute approximate surface area is 82.6 Å². The van der Waals surface area contributed by atoms with Crippen molar-refractivity contribution in [3.8, 4) is 0 Å². The number of hydrogen-bond acceptors (Lipinski definition) is 4. The molecule has 0 aliphatic heterocycles. The van der Waals surface area contributed by atoms with E-state index in [1.54, 1.807) is 19.6 Å². The SMILES string of the molecule is CC=CN=CNP(=S)(OC)SC. The maximum absolute atomic E-state index is 5.18. The van der Waals surface area contributed by atoms with Gasteiger partial charge < -0.3 is 9.61 Å². The number of nitrogens with zero attached hydrogens (tertiary/aromatic N) is 1. The first-order valence-corrected chi connectivity index (χ1v) is 7.85. The van der Waals surface area contributed by atoms with Crippen LogP contribution < -0.4 is 5.09 Å². The van der Waals surface area contributed by atoms with Crippen molar-refractivity contribution in [3.05, 3.63) is 12.3 Å². The van der Waals surface area contributed by atoms with Crippen molar-refractivity contribution in [2.75, 3.05) is 13.4 Å². The minimum Gasteiger partial charge on any atom is -0.330 e. The molecule has 0 aromatic carbocycles. The summed E-state index contributed by atoms with van der Waals surface area (Å²) in [5.74, 6) is 0. The molecule has 0 rings (SSSR count). The average Bonchev–Trinajstić information content (AvgIpc) is 2.12. The van der Waals surface area contributed by atoms with E-state index in [2.05, 4.69) is 10.1 Å². The van der Waals surface area contributed by atoms with Crippen LogP contribution in [0, 0.1) is 0 Å². The highest BCUT2D eigenvalue weighted by atomic mass is 32.9. The van der Waals surface area contributed by atoms with E-state index in [0.717, 1.165) is 0 Å². The van der Waals surface area contributed by atoms with Crippen LogP contribution in [0.4, 0.5) is 0 Å². The van der Waals surface area contributed by atoms with Gasteiger partial charge in [-0.15, -0.1) is 0 Å². The summed E-state index contributed by atoms with van der Waals surface area (Å²) in [6.45, 7) is 1.90. The summed E-state index contributed by atoms with van der Waals surface area (Å²) in [6.07, 6.45) is 7.01. The summed E-state index contributed by atoms with van der Waals surface area (Å²) in [6, 6.07) is 0. The summed E-state index contributed by atoms with van der Waals surface area (Å²) in [4.78, 5) is 3.92. The van der Waals surface area contributed by atoms with Crippen molar-refractivity contribution < 1.29 is 4.52 Å². The van der Waals surface area contributed by atoms with Gasteiger partial charge in [0.2, 0.25) is 5.62 Å². The van der Waals surface area contributed by atoms with E-state index in [9.17, 15) is 0 Å². The zero-order valence-corrected chi connectivity index (χ0v) is 9.88. The third kappa shape index (κ3) is 4.93. The Balaban J connectivity index is 3.97. The van der Waals surface area contributed by atoms with Gasteiger partial charge in [0.1, 0.15) is 0 Å². The number of nitrogens with one attached hydrogen (secondary N) is 1. The second-order valence-corrected chi connectivity index (χ2v) is 8.61. The average molecular weight is 224 g/mol. The molecule has 70 valence electrons. The second kappa shape index (κ2) is 6.66. The van der Waals surface area contributed by atoms with E-state index >= 15 is 0 Å². The fraction of sp³-hybridized carbons (Fsp3) is 0.500. The highest BCUT2D eigenvalue weighted by Gasteiger charge is 2.10. The van der Waals surface area contributed by atoms with Crippen LogP contribution in [0.25, 0.3) is 0 Å². The molecule has 0 heterocycles. The summed E-state index contributed by atoms with van der Waals surface area (Å²) in [5.41, 5.74) is -1.90. The molecule has 0 bridgehead atoms. The van der Waals surface area contributed by atoms with Crippen molar-refractivity contribution in [1.29, 1.82) is 0 Å². The molecule has 0 amide bonds. The molecule has 0 aromatic rings. The third-order valence-electron chi connectivity index (χ3n) is 1.01. The Bertz CT molecular complexity index is 210. The van der Waals surface area contributed by atoms with Crippen LogP contribution in [-0.4, -0.2) is 19.7 Å². The van der Waals surface area contributed by atoms with Gasteiger partial charge in [-0.05, 0) is 25.0 Å². The Hall–Kier alpha value is 0.170. The molecule has 1 atom stereocenters. The van der Waals surface area contributed by atoms with E-state index in [4.69, 9.17) is 16.3 Å². The Kier molecular flexibility index (Phi) is 6.76. The van der Waals surface area contributed by atoms with E-state index < -0.39 is 5.62 Å². The lowest BCUT2D eigenvalue weighted by atomic mass is 10.7. The van der Waals surface area contributed by atoms with Gasteiger partial charge in [0.05, 0.1) is 6.34 Å². The molecule has 6 heteroatoms. The molecule has 1 N–H and O–H groups in total. The van der Waals surface area contributed by atoms with Crippen LogP contribution in [0.15, 0.2) is 17.3 Å². The Morgan fingerprint density at radius 2 is 2.33 bits per heavy atom. The Morgan fingerprint density at radius 3 is 2.75 bits per heavy atom. The van der Waals surface area contributed by atoms with Crippen LogP contribution in [0.1, 0.15) is 6.92 Å². The van der Waals surface area contributed by atoms with Crippen LogP contribution in [0.3, 0.4) is 0 Å². The van der Waals surface area contributed by atoms with Gasteiger partial charge in [-0.2, -0.15) is 0 Å². The molecule has 0 fully saturated rings. The lowest BCUT2D eigenvalue weighted by Crippen LogP contribution is -2.05. The first kappa shape index (κ1) is 12.2. The molecule has 0 radical (unpaired) electrons. The van der Waals surface area contributed by atoms with Crippen molar-refractivity contribution in [2.24, 2.45) is 4.99 Å². The largest absolute Gasteiger partial charge is 0.330 e. The lowest BCUT2D eigenvalue weighted by Gasteiger charge is -2.15. The summed E-state index contributed by atoms with van der Waals surface area (Å²) >= 11 is 6.69. The van der Waals surface area contributed by atoms with Gasteiger partial charge in [-0.1, -0.05) is 17.5 Å². The van der Waals surface area contributed by atoms with Crippen LogP contribution in [0.5, 0.6) is 0 Å². The fourth-order valence-electron chi connectivity index (χ4n) is 0.413.